The minimum absolute atomic E-state index is 0.193. The predicted molar refractivity (Wildman–Crippen MR) is 64.8 cm³/mol. The van der Waals surface area contributed by atoms with Crippen molar-refractivity contribution in [3.8, 4) is 0 Å². The number of amides is 1. The van der Waals surface area contributed by atoms with Crippen LogP contribution in [0.15, 0.2) is 0 Å². The fourth-order valence-corrected chi connectivity index (χ4v) is 1.33. The second-order valence-corrected chi connectivity index (χ2v) is 4.86. The molecule has 0 aliphatic rings. The van der Waals surface area contributed by atoms with Crippen LogP contribution in [0.3, 0.4) is 0 Å². The van der Waals surface area contributed by atoms with Gasteiger partial charge in [-0.05, 0) is 25.7 Å². The van der Waals surface area contributed by atoms with Crippen LogP contribution in [0, 0.1) is 5.92 Å². The number of hydrogen-bond donors (Lipinski definition) is 1. The number of nitrogens with zero attached hydrogens (tertiary/aromatic N) is 1. The molecule has 15 heavy (non-hydrogen) atoms. The van der Waals surface area contributed by atoms with Gasteiger partial charge in [0.05, 0.1) is 0 Å². The molecular formula is C12H26N2O. The lowest BCUT2D eigenvalue weighted by Crippen LogP contribution is -2.31. The van der Waals surface area contributed by atoms with Gasteiger partial charge in [0, 0.05) is 33.1 Å². The molecule has 0 aromatic heterocycles. The minimum Gasteiger partial charge on any atom is -0.349 e. The Hall–Kier alpha value is -0.570. The van der Waals surface area contributed by atoms with Crippen molar-refractivity contribution >= 4 is 5.91 Å². The molecule has 0 rings (SSSR count). The quantitative estimate of drug-likeness (QED) is 0.702. The maximum atomic E-state index is 11.3. The molecule has 0 aromatic carbocycles. The molecule has 1 unspecified atom stereocenters. The zero-order chi connectivity index (χ0) is 11.8. The first-order valence-corrected chi connectivity index (χ1v) is 5.87. The van der Waals surface area contributed by atoms with Gasteiger partial charge in [-0.15, -0.1) is 0 Å². The van der Waals surface area contributed by atoms with Gasteiger partial charge < -0.3 is 10.2 Å². The van der Waals surface area contributed by atoms with Crippen LogP contribution in [0.5, 0.6) is 0 Å². The maximum absolute atomic E-state index is 11.3. The highest BCUT2D eigenvalue weighted by atomic mass is 16.2. The van der Waals surface area contributed by atoms with Crippen LogP contribution in [0.4, 0.5) is 0 Å². The molecule has 0 fully saturated rings. The smallest absolute Gasteiger partial charge is 0.223 e. The lowest BCUT2D eigenvalue weighted by atomic mass is 10.0. The molecule has 0 heterocycles. The Morgan fingerprint density at radius 3 is 2.27 bits per heavy atom. The van der Waals surface area contributed by atoms with E-state index in [4.69, 9.17) is 0 Å². The summed E-state index contributed by atoms with van der Waals surface area (Å²) < 4.78 is 0. The van der Waals surface area contributed by atoms with Gasteiger partial charge in [0.2, 0.25) is 5.91 Å². The zero-order valence-corrected chi connectivity index (χ0v) is 10.8. The van der Waals surface area contributed by atoms with E-state index in [0.717, 1.165) is 12.5 Å². The van der Waals surface area contributed by atoms with Gasteiger partial charge in [0.1, 0.15) is 0 Å². The Balaban J connectivity index is 3.46. The fourth-order valence-electron chi connectivity index (χ4n) is 1.33. The largest absolute Gasteiger partial charge is 0.349 e. The summed E-state index contributed by atoms with van der Waals surface area (Å²) in [6.07, 6.45) is 3.03. The Kier molecular flexibility index (Phi) is 7.39. The molecule has 3 nitrogen and oxygen atoms in total. The molecule has 1 amide bonds. The van der Waals surface area contributed by atoms with Gasteiger partial charge in [-0.3, -0.25) is 4.79 Å². The van der Waals surface area contributed by atoms with Crippen molar-refractivity contribution in [1.82, 2.24) is 10.2 Å². The Labute approximate surface area is 94.2 Å². The summed E-state index contributed by atoms with van der Waals surface area (Å²) in [4.78, 5) is 12.9. The van der Waals surface area contributed by atoms with Crippen LogP contribution < -0.4 is 5.32 Å². The molecule has 0 radical (unpaired) electrons. The first-order valence-electron chi connectivity index (χ1n) is 5.87. The number of hydrogen-bond acceptors (Lipinski definition) is 2. The van der Waals surface area contributed by atoms with E-state index in [1.807, 2.05) is 0 Å². The van der Waals surface area contributed by atoms with Crippen molar-refractivity contribution in [3.05, 3.63) is 0 Å². The molecule has 0 bridgehead atoms. The number of carbonyl (C=O) groups is 1. The standard InChI is InChI=1S/C12H26N2O/c1-10(2)6-7-11(3)13-9-8-12(15)14(4)5/h10-11,13H,6-9H2,1-5H3. The second-order valence-electron chi connectivity index (χ2n) is 4.86. The lowest BCUT2D eigenvalue weighted by Gasteiger charge is -2.16. The van der Waals surface area contributed by atoms with Gasteiger partial charge in [0.25, 0.3) is 0 Å². The molecule has 0 spiro atoms. The second kappa shape index (κ2) is 7.69. The topological polar surface area (TPSA) is 32.3 Å². The first kappa shape index (κ1) is 14.4. The predicted octanol–water partition coefficient (Wildman–Crippen LogP) is 1.88. The fraction of sp³-hybridized carbons (Fsp3) is 0.917. The van der Waals surface area contributed by atoms with E-state index in [2.05, 4.69) is 26.1 Å². The third-order valence-corrected chi connectivity index (χ3v) is 2.51. The van der Waals surface area contributed by atoms with E-state index in [-0.39, 0.29) is 5.91 Å². The lowest BCUT2D eigenvalue weighted by molar-refractivity contribution is -0.128. The third kappa shape index (κ3) is 8.43. The molecular weight excluding hydrogens is 188 g/mol. The SMILES string of the molecule is CC(C)CCC(C)NCCC(=O)N(C)C. The number of nitrogens with one attached hydrogen (secondary N) is 1. The molecule has 1 atom stereocenters. The maximum Gasteiger partial charge on any atom is 0.223 e. The molecule has 0 saturated carbocycles. The summed E-state index contributed by atoms with van der Waals surface area (Å²) in [6.45, 7) is 7.45. The minimum atomic E-state index is 0.193. The molecule has 1 N–H and O–H groups in total. The molecule has 0 aliphatic carbocycles. The van der Waals surface area contributed by atoms with Crippen molar-refractivity contribution in [1.29, 1.82) is 0 Å². The van der Waals surface area contributed by atoms with Crippen LogP contribution in [-0.4, -0.2) is 37.5 Å². The van der Waals surface area contributed by atoms with Gasteiger partial charge >= 0.3 is 0 Å². The number of rotatable bonds is 7. The van der Waals surface area contributed by atoms with E-state index in [1.54, 1.807) is 19.0 Å². The van der Waals surface area contributed by atoms with Gasteiger partial charge in [-0.25, -0.2) is 0 Å². The first-order chi connectivity index (χ1) is 6.93. The monoisotopic (exact) mass is 214 g/mol. The number of carbonyl (C=O) groups excluding carboxylic acids is 1. The van der Waals surface area contributed by atoms with Gasteiger partial charge in [-0.2, -0.15) is 0 Å². The summed E-state index contributed by atoms with van der Waals surface area (Å²) >= 11 is 0. The summed E-state index contributed by atoms with van der Waals surface area (Å²) in [5, 5.41) is 3.38. The van der Waals surface area contributed by atoms with E-state index < -0.39 is 0 Å². The van der Waals surface area contributed by atoms with E-state index in [1.165, 1.54) is 12.8 Å². The average Bonchev–Trinajstić information content (AvgIpc) is 2.14. The van der Waals surface area contributed by atoms with Crippen LogP contribution in [-0.2, 0) is 4.79 Å². The molecule has 3 heteroatoms. The van der Waals surface area contributed by atoms with Crippen LogP contribution in [0.1, 0.15) is 40.0 Å². The van der Waals surface area contributed by atoms with Crippen LogP contribution >= 0.6 is 0 Å². The summed E-state index contributed by atoms with van der Waals surface area (Å²) in [5.74, 6) is 0.955. The van der Waals surface area contributed by atoms with E-state index in [0.29, 0.717) is 12.5 Å². The van der Waals surface area contributed by atoms with Crippen molar-refractivity contribution in [2.24, 2.45) is 5.92 Å². The molecule has 0 aromatic rings. The highest BCUT2D eigenvalue weighted by Crippen LogP contribution is 2.06. The van der Waals surface area contributed by atoms with Crippen LogP contribution in [0.2, 0.25) is 0 Å². The normalized spacial score (nSPS) is 12.9. The average molecular weight is 214 g/mol. The van der Waals surface area contributed by atoms with Crippen molar-refractivity contribution in [3.63, 3.8) is 0 Å². The summed E-state index contributed by atoms with van der Waals surface area (Å²) in [6, 6.07) is 0.516. The summed E-state index contributed by atoms with van der Waals surface area (Å²) in [5.41, 5.74) is 0. The molecule has 0 saturated heterocycles. The van der Waals surface area contributed by atoms with Crippen molar-refractivity contribution in [2.75, 3.05) is 20.6 Å². The van der Waals surface area contributed by atoms with Crippen LogP contribution in [0.25, 0.3) is 0 Å². The zero-order valence-electron chi connectivity index (χ0n) is 10.8. The van der Waals surface area contributed by atoms with Gasteiger partial charge in [-0.1, -0.05) is 13.8 Å². The van der Waals surface area contributed by atoms with Crippen molar-refractivity contribution in [2.45, 2.75) is 46.1 Å². The van der Waals surface area contributed by atoms with E-state index >= 15 is 0 Å². The van der Waals surface area contributed by atoms with Gasteiger partial charge in [0.15, 0.2) is 0 Å². The Bertz CT molecular complexity index is 178. The third-order valence-electron chi connectivity index (χ3n) is 2.51. The molecule has 0 aliphatic heterocycles. The highest BCUT2D eigenvalue weighted by Gasteiger charge is 2.06. The Morgan fingerprint density at radius 2 is 1.80 bits per heavy atom. The summed E-state index contributed by atoms with van der Waals surface area (Å²) in [7, 11) is 3.59. The van der Waals surface area contributed by atoms with Crippen molar-refractivity contribution < 1.29 is 4.79 Å². The Morgan fingerprint density at radius 1 is 1.20 bits per heavy atom. The van der Waals surface area contributed by atoms with E-state index in [9.17, 15) is 4.79 Å². The molecule has 90 valence electrons. The highest BCUT2D eigenvalue weighted by molar-refractivity contribution is 5.75.